The van der Waals surface area contributed by atoms with Gasteiger partial charge < -0.3 is 9.52 Å². The van der Waals surface area contributed by atoms with Crippen molar-refractivity contribution in [1.82, 2.24) is 0 Å². The van der Waals surface area contributed by atoms with Crippen LogP contribution in [-0.2, 0) is 0 Å². The van der Waals surface area contributed by atoms with E-state index in [1.165, 1.54) is 0 Å². The molecular weight excluding hydrogens is 302 g/mol. The second-order valence-electron chi connectivity index (χ2n) is 5.61. The fourth-order valence-electron chi connectivity index (χ4n) is 2.59. The maximum Gasteiger partial charge on any atom is 0.193 e. The number of para-hydroxylation sites is 1. The predicted molar refractivity (Wildman–Crippen MR) is 83.6 cm³/mol. The van der Waals surface area contributed by atoms with Gasteiger partial charge in [-0.3, -0.25) is 4.79 Å². The van der Waals surface area contributed by atoms with Crippen molar-refractivity contribution < 1.29 is 18.3 Å². The smallest absolute Gasteiger partial charge is 0.193 e. The van der Waals surface area contributed by atoms with Gasteiger partial charge in [-0.1, -0.05) is 26.0 Å². The van der Waals surface area contributed by atoms with Crippen molar-refractivity contribution in [2.24, 2.45) is 0 Å². The van der Waals surface area contributed by atoms with Crippen molar-refractivity contribution in [2.75, 3.05) is 0 Å². The summed E-state index contributed by atoms with van der Waals surface area (Å²) in [4.78, 5) is 12.1. The summed E-state index contributed by atoms with van der Waals surface area (Å²) in [6, 6.07) is 8.68. The SMILES string of the molecule is CC(C)c1c(O)cc(-c2cc(=O)c3ccccc3o2)c(F)c1F. The number of benzene rings is 2. The highest BCUT2D eigenvalue weighted by molar-refractivity contribution is 5.78. The molecule has 1 heterocycles. The minimum Gasteiger partial charge on any atom is -0.508 e. The third-order valence-corrected chi connectivity index (χ3v) is 3.70. The molecule has 23 heavy (non-hydrogen) atoms. The van der Waals surface area contributed by atoms with Crippen molar-refractivity contribution in [3.63, 3.8) is 0 Å². The Morgan fingerprint density at radius 1 is 1.09 bits per heavy atom. The summed E-state index contributed by atoms with van der Waals surface area (Å²) in [6.45, 7) is 3.29. The lowest BCUT2D eigenvalue weighted by Crippen LogP contribution is -2.03. The third-order valence-electron chi connectivity index (χ3n) is 3.70. The predicted octanol–water partition coefficient (Wildman–Crippen LogP) is 4.57. The van der Waals surface area contributed by atoms with Gasteiger partial charge in [0.1, 0.15) is 17.1 Å². The number of phenols is 1. The Kier molecular flexibility index (Phi) is 3.64. The van der Waals surface area contributed by atoms with E-state index in [1.54, 1.807) is 38.1 Å². The Morgan fingerprint density at radius 2 is 1.78 bits per heavy atom. The average molecular weight is 316 g/mol. The second-order valence-corrected chi connectivity index (χ2v) is 5.61. The standard InChI is InChI=1S/C18H14F2O3/c1-9(2)16-13(22)7-11(17(19)18(16)20)15-8-12(21)10-5-3-4-6-14(10)23-15/h3-9,22H,1-2H3. The van der Waals surface area contributed by atoms with Crippen LogP contribution in [0, 0.1) is 11.6 Å². The first kappa shape index (κ1) is 15.2. The molecule has 0 atom stereocenters. The zero-order chi connectivity index (χ0) is 16.7. The molecule has 0 aliphatic heterocycles. The summed E-state index contributed by atoms with van der Waals surface area (Å²) in [7, 11) is 0. The molecule has 3 rings (SSSR count). The van der Waals surface area contributed by atoms with Crippen molar-refractivity contribution in [3.05, 3.63) is 63.8 Å². The Bertz CT molecular complexity index is 958. The van der Waals surface area contributed by atoms with Crippen molar-refractivity contribution >= 4 is 11.0 Å². The van der Waals surface area contributed by atoms with Crippen LogP contribution < -0.4 is 5.43 Å². The number of halogens is 2. The molecule has 3 nitrogen and oxygen atoms in total. The summed E-state index contributed by atoms with van der Waals surface area (Å²) in [5.41, 5.74) is -0.488. The molecule has 0 bridgehead atoms. The van der Waals surface area contributed by atoms with Crippen molar-refractivity contribution in [1.29, 1.82) is 0 Å². The Balaban J connectivity index is 2.29. The molecule has 3 aromatic rings. The second kappa shape index (κ2) is 5.50. The molecule has 0 radical (unpaired) electrons. The summed E-state index contributed by atoms with van der Waals surface area (Å²) >= 11 is 0. The maximum atomic E-state index is 14.4. The van der Waals surface area contributed by atoms with Crippen molar-refractivity contribution in [3.8, 4) is 17.1 Å². The molecule has 0 saturated carbocycles. The number of hydrogen-bond acceptors (Lipinski definition) is 3. The van der Waals surface area contributed by atoms with Crippen LogP contribution >= 0.6 is 0 Å². The van der Waals surface area contributed by atoms with E-state index in [2.05, 4.69) is 0 Å². The highest BCUT2D eigenvalue weighted by atomic mass is 19.2. The maximum absolute atomic E-state index is 14.4. The van der Waals surface area contributed by atoms with Gasteiger partial charge in [0.15, 0.2) is 17.1 Å². The number of rotatable bonds is 2. The number of aromatic hydroxyl groups is 1. The van der Waals surface area contributed by atoms with Gasteiger partial charge in [-0.05, 0) is 24.1 Å². The topological polar surface area (TPSA) is 50.4 Å². The molecular formula is C18H14F2O3. The van der Waals surface area contributed by atoms with Crippen LogP contribution in [0.5, 0.6) is 5.75 Å². The molecule has 0 fully saturated rings. The summed E-state index contributed by atoms with van der Waals surface area (Å²) in [5, 5.41) is 10.3. The van der Waals surface area contributed by atoms with E-state index in [0.717, 1.165) is 12.1 Å². The van der Waals surface area contributed by atoms with Crippen LogP contribution in [-0.4, -0.2) is 5.11 Å². The van der Waals surface area contributed by atoms with E-state index in [9.17, 15) is 18.7 Å². The van der Waals surface area contributed by atoms with Gasteiger partial charge in [-0.15, -0.1) is 0 Å². The first-order valence-electron chi connectivity index (χ1n) is 7.14. The average Bonchev–Trinajstić information content (AvgIpc) is 2.50. The van der Waals surface area contributed by atoms with Crippen LogP contribution in [0.3, 0.4) is 0 Å². The number of phenolic OH excluding ortho intramolecular Hbond substituents is 1. The molecule has 0 aliphatic rings. The fourth-order valence-corrected chi connectivity index (χ4v) is 2.59. The summed E-state index contributed by atoms with van der Waals surface area (Å²) in [6.07, 6.45) is 0. The first-order valence-corrected chi connectivity index (χ1v) is 7.14. The van der Waals surface area contributed by atoms with E-state index in [0.29, 0.717) is 5.39 Å². The first-order chi connectivity index (χ1) is 10.9. The molecule has 2 aromatic carbocycles. The molecule has 5 heteroatoms. The summed E-state index contributed by atoms with van der Waals surface area (Å²) < 4.78 is 34.1. The van der Waals surface area contributed by atoms with E-state index >= 15 is 0 Å². The minimum absolute atomic E-state index is 0.102. The van der Waals surface area contributed by atoms with Gasteiger partial charge in [0.2, 0.25) is 0 Å². The Labute approximate surface area is 130 Å². The molecule has 118 valence electrons. The van der Waals surface area contributed by atoms with E-state index < -0.39 is 11.6 Å². The van der Waals surface area contributed by atoms with Crippen LogP contribution in [0.1, 0.15) is 25.3 Å². The van der Waals surface area contributed by atoms with Crippen LogP contribution in [0.25, 0.3) is 22.3 Å². The fraction of sp³-hybridized carbons (Fsp3) is 0.167. The quantitative estimate of drug-likeness (QED) is 0.753. The van der Waals surface area contributed by atoms with Gasteiger partial charge in [-0.25, -0.2) is 8.78 Å². The molecule has 0 spiro atoms. The highest BCUT2D eigenvalue weighted by Gasteiger charge is 2.22. The van der Waals surface area contributed by atoms with E-state index in [1.807, 2.05) is 0 Å². The van der Waals surface area contributed by atoms with Crippen LogP contribution in [0.4, 0.5) is 8.78 Å². The monoisotopic (exact) mass is 316 g/mol. The number of fused-ring (bicyclic) bond motifs is 1. The Hall–Kier alpha value is -2.69. The zero-order valence-corrected chi connectivity index (χ0v) is 12.6. The van der Waals surface area contributed by atoms with Gasteiger partial charge >= 0.3 is 0 Å². The van der Waals surface area contributed by atoms with Crippen molar-refractivity contribution in [2.45, 2.75) is 19.8 Å². The lowest BCUT2D eigenvalue weighted by molar-refractivity contribution is 0.436. The normalized spacial score (nSPS) is 11.3. The molecule has 0 unspecified atom stereocenters. The van der Waals surface area contributed by atoms with Crippen LogP contribution in [0.2, 0.25) is 0 Å². The highest BCUT2D eigenvalue weighted by Crippen LogP contribution is 2.36. The zero-order valence-electron chi connectivity index (χ0n) is 12.6. The molecule has 0 aliphatic carbocycles. The van der Waals surface area contributed by atoms with Gasteiger partial charge in [-0.2, -0.15) is 0 Å². The van der Waals surface area contributed by atoms with Gasteiger partial charge in [0.05, 0.1) is 10.9 Å². The Morgan fingerprint density at radius 3 is 2.48 bits per heavy atom. The van der Waals surface area contributed by atoms with E-state index in [4.69, 9.17) is 4.42 Å². The third kappa shape index (κ3) is 2.48. The van der Waals surface area contributed by atoms with Crippen LogP contribution in [0.15, 0.2) is 45.6 Å². The van der Waals surface area contributed by atoms with Gasteiger partial charge in [0, 0.05) is 11.6 Å². The largest absolute Gasteiger partial charge is 0.508 e. The van der Waals surface area contributed by atoms with E-state index in [-0.39, 0.29) is 39.6 Å². The molecule has 0 saturated heterocycles. The van der Waals surface area contributed by atoms with Gasteiger partial charge in [0.25, 0.3) is 0 Å². The lowest BCUT2D eigenvalue weighted by atomic mass is 9.98. The summed E-state index contributed by atoms with van der Waals surface area (Å²) in [5.74, 6) is -3.17. The number of hydrogen-bond donors (Lipinski definition) is 1. The molecule has 1 aromatic heterocycles. The minimum atomic E-state index is -1.15. The molecule has 1 N–H and O–H groups in total. The molecule has 0 amide bonds. The lowest BCUT2D eigenvalue weighted by Gasteiger charge is -2.13.